The monoisotopic (exact) mass is 289 g/mol. The lowest BCUT2D eigenvalue weighted by atomic mass is 9.99. The number of carbonyl (C=O) groups is 2. The van der Waals surface area contributed by atoms with Crippen molar-refractivity contribution in [2.75, 3.05) is 0 Å². The molecular weight excluding hydrogens is 274 g/mol. The lowest BCUT2D eigenvalue weighted by Crippen LogP contribution is -2.09. The molecule has 0 aromatic heterocycles. The Morgan fingerprint density at radius 3 is 2.60 bits per heavy atom. The molecule has 0 fully saturated rings. The van der Waals surface area contributed by atoms with E-state index in [2.05, 4.69) is 4.99 Å². The summed E-state index contributed by atoms with van der Waals surface area (Å²) in [5.74, 6) is -0.180. The number of rotatable bonds is 5. The number of benzene rings is 1. The maximum atomic E-state index is 12.1. The van der Waals surface area contributed by atoms with E-state index in [1.807, 2.05) is 25.1 Å². The summed E-state index contributed by atoms with van der Waals surface area (Å²) in [5.41, 5.74) is 1.92. The highest BCUT2D eigenvalue weighted by Gasteiger charge is 2.17. The van der Waals surface area contributed by atoms with E-state index in [0.29, 0.717) is 22.7 Å². The molecule has 0 aliphatic carbocycles. The van der Waals surface area contributed by atoms with E-state index in [4.69, 9.17) is 11.6 Å². The number of aryl methyl sites for hydroxylation is 1. The smallest absolute Gasteiger partial charge is 0.182 e. The molecule has 1 heterocycles. The van der Waals surface area contributed by atoms with Crippen LogP contribution < -0.4 is 0 Å². The van der Waals surface area contributed by atoms with Gasteiger partial charge in [0.15, 0.2) is 11.6 Å². The van der Waals surface area contributed by atoms with Crippen LogP contribution in [0, 0.1) is 6.92 Å². The summed E-state index contributed by atoms with van der Waals surface area (Å²) in [7, 11) is 0. The molecule has 1 aromatic carbocycles. The van der Waals surface area contributed by atoms with Gasteiger partial charge in [0.25, 0.3) is 0 Å². The Morgan fingerprint density at radius 2 is 1.90 bits per heavy atom. The van der Waals surface area contributed by atoms with Crippen LogP contribution in [0.25, 0.3) is 0 Å². The lowest BCUT2D eigenvalue weighted by Gasteiger charge is -2.09. The number of nitrogens with zero attached hydrogens (tertiary/aromatic N) is 1. The zero-order valence-corrected chi connectivity index (χ0v) is 12.1. The molecule has 1 aliphatic heterocycles. The molecule has 4 heteroatoms. The molecule has 0 amide bonds. The van der Waals surface area contributed by atoms with E-state index in [0.717, 1.165) is 12.0 Å². The molecule has 0 saturated heterocycles. The number of allylic oxidation sites excluding steroid dienone is 2. The SMILES string of the molecule is Cc1ccccc1C(=O)CCC(=O)C1=C(Cl)CCC=N1. The Bertz CT molecular complexity index is 602. The normalized spacial score (nSPS) is 14.5. The summed E-state index contributed by atoms with van der Waals surface area (Å²) in [4.78, 5) is 28.2. The van der Waals surface area contributed by atoms with Crippen LogP contribution in [0.15, 0.2) is 40.0 Å². The number of aliphatic imine (C=N–C) groups is 1. The van der Waals surface area contributed by atoms with Crippen LogP contribution in [0.4, 0.5) is 0 Å². The molecule has 20 heavy (non-hydrogen) atoms. The van der Waals surface area contributed by atoms with Crippen LogP contribution in [-0.4, -0.2) is 17.8 Å². The summed E-state index contributed by atoms with van der Waals surface area (Å²) in [6.07, 6.45) is 3.45. The number of halogens is 1. The minimum atomic E-state index is -0.159. The fraction of sp³-hybridized carbons (Fsp3) is 0.312. The predicted octanol–water partition coefficient (Wildman–Crippen LogP) is 3.84. The fourth-order valence-corrected chi connectivity index (χ4v) is 2.39. The van der Waals surface area contributed by atoms with Crippen LogP contribution >= 0.6 is 11.6 Å². The van der Waals surface area contributed by atoms with Gasteiger partial charge in [0, 0.05) is 29.7 Å². The van der Waals surface area contributed by atoms with Gasteiger partial charge < -0.3 is 0 Å². The second kappa shape index (κ2) is 6.62. The minimum Gasteiger partial charge on any atom is -0.294 e. The maximum Gasteiger partial charge on any atom is 0.182 e. The highest BCUT2D eigenvalue weighted by Crippen LogP contribution is 2.22. The molecule has 0 radical (unpaired) electrons. The molecule has 1 aliphatic rings. The third kappa shape index (κ3) is 3.42. The van der Waals surface area contributed by atoms with Crippen molar-refractivity contribution in [2.24, 2.45) is 4.99 Å². The minimum absolute atomic E-state index is 0.0204. The Hall–Kier alpha value is -1.74. The first-order valence-corrected chi connectivity index (χ1v) is 7.00. The highest BCUT2D eigenvalue weighted by molar-refractivity contribution is 6.32. The van der Waals surface area contributed by atoms with Gasteiger partial charge in [-0.25, -0.2) is 0 Å². The maximum absolute atomic E-state index is 12.1. The molecule has 0 saturated carbocycles. The summed E-state index contributed by atoms with van der Waals surface area (Å²) in [5, 5.41) is 0.501. The third-order valence-corrected chi connectivity index (χ3v) is 3.63. The molecule has 104 valence electrons. The van der Waals surface area contributed by atoms with Gasteiger partial charge in [0.2, 0.25) is 0 Å². The molecule has 1 aromatic rings. The summed E-state index contributed by atoms with van der Waals surface area (Å²) in [6.45, 7) is 1.89. The van der Waals surface area contributed by atoms with E-state index < -0.39 is 0 Å². The van der Waals surface area contributed by atoms with Gasteiger partial charge in [0.1, 0.15) is 5.70 Å². The van der Waals surface area contributed by atoms with Gasteiger partial charge in [0.05, 0.1) is 0 Å². The zero-order valence-electron chi connectivity index (χ0n) is 11.4. The lowest BCUT2D eigenvalue weighted by molar-refractivity contribution is -0.115. The molecular formula is C16H16ClNO2. The topological polar surface area (TPSA) is 46.5 Å². The van der Waals surface area contributed by atoms with Gasteiger partial charge in [-0.2, -0.15) is 0 Å². The number of hydrogen-bond acceptors (Lipinski definition) is 3. The number of carbonyl (C=O) groups excluding carboxylic acids is 2. The van der Waals surface area contributed by atoms with E-state index in [1.165, 1.54) is 0 Å². The standard InChI is InChI=1S/C16H16ClNO2/c1-11-5-2-3-6-12(11)14(19)8-9-15(20)16-13(17)7-4-10-18-16/h2-3,5-6,10H,4,7-9H2,1H3. The molecule has 0 atom stereocenters. The van der Waals surface area contributed by atoms with Crippen LogP contribution in [0.1, 0.15) is 41.6 Å². The molecule has 3 nitrogen and oxygen atoms in total. The van der Waals surface area contributed by atoms with Crippen molar-refractivity contribution < 1.29 is 9.59 Å². The largest absolute Gasteiger partial charge is 0.294 e. The van der Waals surface area contributed by atoms with Gasteiger partial charge in [-0.05, 0) is 25.3 Å². The molecule has 0 N–H and O–H groups in total. The Balaban J connectivity index is 1.99. The van der Waals surface area contributed by atoms with Gasteiger partial charge in [-0.3, -0.25) is 14.6 Å². The second-order valence-electron chi connectivity index (χ2n) is 4.77. The summed E-state index contributed by atoms with van der Waals surface area (Å²) < 4.78 is 0. The molecule has 0 unspecified atom stereocenters. The van der Waals surface area contributed by atoms with Crippen LogP contribution in [0.2, 0.25) is 0 Å². The number of hydrogen-bond donors (Lipinski definition) is 0. The molecule has 0 bridgehead atoms. The van der Waals surface area contributed by atoms with Crippen LogP contribution in [0.3, 0.4) is 0 Å². The first-order valence-electron chi connectivity index (χ1n) is 6.63. The van der Waals surface area contributed by atoms with Crippen molar-refractivity contribution in [3.05, 3.63) is 46.1 Å². The number of ketones is 2. The second-order valence-corrected chi connectivity index (χ2v) is 5.22. The van der Waals surface area contributed by atoms with E-state index in [1.54, 1.807) is 12.3 Å². The van der Waals surface area contributed by atoms with Crippen LogP contribution in [-0.2, 0) is 4.79 Å². The Kier molecular flexibility index (Phi) is 4.85. The van der Waals surface area contributed by atoms with Crippen molar-refractivity contribution in [3.8, 4) is 0 Å². The van der Waals surface area contributed by atoms with Crippen molar-refractivity contribution >= 4 is 29.4 Å². The summed E-state index contributed by atoms with van der Waals surface area (Å²) >= 11 is 6.00. The Morgan fingerprint density at radius 1 is 1.20 bits per heavy atom. The quantitative estimate of drug-likeness (QED) is 0.773. The van der Waals surface area contributed by atoms with Gasteiger partial charge in [-0.15, -0.1) is 0 Å². The molecule has 2 rings (SSSR count). The molecule has 0 spiro atoms. The number of Topliss-reactive ketones (excluding diaryl/α,β-unsaturated/α-hetero) is 2. The fourth-order valence-electron chi connectivity index (χ4n) is 2.12. The predicted molar refractivity (Wildman–Crippen MR) is 80.4 cm³/mol. The van der Waals surface area contributed by atoms with Crippen LogP contribution in [0.5, 0.6) is 0 Å². The van der Waals surface area contributed by atoms with Crippen molar-refractivity contribution in [2.45, 2.75) is 32.6 Å². The van der Waals surface area contributed by atoms with Crippen molar-refractivity contribution in [1.29, 1.82) is 0 Å². The zero-order chi connectivity index (χ0) is 14.5. The van der Waals surface area contributed by atoms with Gasteiger partial charge >= 0.3 is 0 Å². The average molecular weight is 290 g/mol. The first kappa shape index (κ1) is 14.7. The highest BCUT2D eigenvalue weighted by atomic mass is 35.5. The van der Waals surface area contributed by atoms with Gasteiger partial charge in [-0.1, -0.05) is 35.9 Å². The average Bonchev–Trinajstić information content (AvgIpc) is 2.45. The third-order valence-electron chi connectivity index (χ3n) is 3.26. The van der Waals surface area contributed by atoms with Crippen molar-refractivity contribution in [1.82, 2.24) is 0 Å². The first-order chi connectivity index (χ1) is 9.59. The van der Waals surface area contributed by atoms with E-state index in [9.17, 15) is 9.59 Å². The Labute approximate surface area is 123 Å². The van der Waals surface area contributed by atoms with Crippen molar-refractivity contribution in [3.63, 3.8) is 0 Å². The van der Waals surface area contributed by atoms with E-state index >= 15 is 0 Å². The van der Waals surface area contributed by atoms with E-state index in [-0.39, 0.29) is 24.4 Å². The summed E-state index contributed by atoms with van der Waals surface area (Å²) in [6, 6.07) is 7.39.